The van der Waals surface area contributed by atoms with Gasteiger partial charge in [0.05, 0.1) is 19.8 Å². The Morgan fingerprint density at radius 1 is 0.825 bits per heavy atom. The summed E-state index contributed by atoms with van der Waals surface area (Å²) in [6.45, 7) is 0.355. The molecule has 2 atom stereocenters. The maximum absolute atomic E-state index is 12.0. The van der Waals surface area contributed by atoms with Crippen molar-refractivity contribution in [1.29, 1.82) is 0 Å². The Hall–Kier alpha value is -2.27. The lowest BCUT2D eigenvalue weighted by atomic mass is 10.2. The van der Waals surface area contributed by atoms with Gasteiger partial charge in [0, 0.05) is 13.0 Å². The lowest BCUT2D eigenvalue weighted by Crippen LogP contribution is -2.28. The SMILES string of the molecule is CCCCC/C=C\C/C=C\C/C=C\C/C=C\CCCC(=O)OC(CO)COC(=O)OCCOP(=O)(O)OCCN. The van der Waals surface area contributed by atoms with Gasteiger partial charge in [-0.3, -0.25) is 13.8 Å². The summed E-state index contributed by atoms with van der Waals surface area (Å²) in [6, 6.07) is 0. The normalized spacial score (nSPS) is 14.3. The van der Waals surface area contributed by atoms with Crippen LogP contribution in [-0.4, -0.2) is 67.8 Å². The Kier molecular flexibility index (Phi) is 25.4. The van der Waals surface area contributed by atoms with Crippen LogP contribution in [0.2, 0.25) is 0 Å². The number of ether oxygens (including phenoxy) is 3. The highest BCUT2D eigenvalue weighted by molar-refractivity contribution is 7.47. The van der Waals surface area contributed by atoms with Crippen LogP contribution >= 0.6 is 7.82 Å². The third-order valence-electron chi connectivity index (χ3n) is 5.03. The van der Waals surface area contributed by atoms with Crippen molar-refractivity contribution in [3.63, 3.8) is 0 Å². The Morgan fingerprint density at radius 3 is 1.98 bits per heavy atom. The van der Waals surface area contributed by atoms with Crippen LogP contribution in [0.3, 0.4) is 0 Å². The summed E-state index contributed by atoms with van der Waals surface area (Å²) in [7, 11) is -4.26. The number of unbranched alkanes of at least 4 members (excludes halogenated alkanes) is 4. The highest BCUT2D eigenvalue weighted by Crippen LogP contribution is 2.42. The molecule has 0 heterocycles. The average molecular weight is 590 g/mol. The Morgan fingerprint density at radius 2 is 1.40 bits per heavy atom. The third kappa shape index (κ3) is 26.0. The number of aliphatic hydroxyl groups excluding tert-OH is 1. The van der Waals surface area contributed by atoms with E-state index < -0.39 is 45.9 Å². The Bertz CT molecular complexity index is 813. The van der Waals surface area contributed by atoms with Gasteiger partial charge < -0.3 is 29.9 Å². The van der Waals surface area contributed by atoms with Crippen molar-refractivity contribution in [3.8, 4) is 0 Å². The minimum atomic E-state index is -4.26. The minimum absolute atomic E-state index is 0.0404. The smallest absolute Gasteiger partial charge is 0.456 e. The molecule has 230 valence electrons. The van der Waals surface area contributed by atoms with Gasteiger partial charge in [-0.15, -0.1) is 0 Å². The first-order chi connectivity index (χ1) is 19.3. The number of esters is 1. The molecule has 0 amide bonds. The van der Waals surface area contributed by atoms with Gasteiger partial charge in [0.25, 0.3) is 0 Å². The molecule has 0 saturated heterocycles. The second-order valence-corrected chi connectivity index (χ2v) is 10.1. The van der Waals surface area contributed by atoms with E-state index in [0.29, 0.717) is 12.8 Å². The van der Waals surface area contributed by atoms with Gasteiger partial charge in [-0.2, -0.15) is 0 Å². The number of hydrogen-bond donors (Lipinski definition) is 3. The van der Waals surface area contributed by atoms with E-state index in [1.807, 2.05) is 12.2 Å². The van der Waals surface area contributed by atoms with Gasteiger partial charge in [0.1, 0.15) is 13.2 Å². The molecule has 0 rings (SSSR count). The lowest BCUT2D eigenvalue weighted by molar-refractivity contribution is -0.154. The van der Waals surface area contributed by atoms with Crippen molar-refractivity contribution >= 4 is 19.9 Å². The molecule has 0 aromatic carbocycles. The zero-order chi connectivity index (χ0) is 29.7. The molecule has 40 heavy (non-hydrogen) atoms. The van der Waals surface area contributed by atoms with Crippen molar-refractivity contribution in [1.82, 2.24) is 0 Å². The second kappa shape index (κ2) is 26.9. The van der Waals surface area contributed by atoms with Gasteiger partial charge in [-0.25, -0.2) is 9.36 Å². The van der Waals surface area contributed by atoms with Gasteiger partial charge in [-0.1, -0.05) is 68.4 Å². The number of hydrogen-bond acceptors (Lipinski definition) is 10. The number of carbonyl (C=O) groups excluding carboxylic acids is 2. The Balaban J connectivity index is 3.86. The van der Waals surface area contributed by atoms with Gasteiger partial charge in [-0.05, 0) is 44.9 Å². The Labute approximate surface area is 238 Å². The lowest BCUT2D eigenvalue weighted by Gasteiger charge is -2.15. The number of phosphoric ester groups is 1. The topological polar surface area (TPSA) is 164 Å². The maximum Gasteiger partial charge on any atom is 0.508 e. The highest BCUT2D eigenvalue weighted by Gasteiger charge is 2.21. The molecule has 0 aromatic rings. The van der Waals surface area contributed by atoms with Crippen molar-refractivity contribution < 1.29 is 47.4 Å². The van der Waals surface area contributed by atoms with E-state index in [0.717, 1.165) is 25.7 Å². The summed E-state index contributed by atoms with van der Waals surface area (Å²) in [5.74, 6) is -0.517. The molecule has 12 heteroatoms. The first-order valence-electron chi connectivity index (χ1n) is 13.9. The van der Waals surface area contributed by atoms with Crippen LogP contribution in [-0.2, 0) is 32.6 Å². The van der Waals surface area contributed by atoms with Crippen LogP contribution in [0.15, 0.2) is 48.6 Å². The molecular weight excluding hydrogens is 541 g/mol. The number of rotatable bonds is 25. The van der Waals surface area contributed by atoms with E-state index in [1.54, 1.807) is 0 Å². The molecule has 0 spiro atoms. The quantitative estimate of drug-likeness (QED) is 0.0549. The van der Waals surface area contributed by atoms with E-state index in [-0.39, 0.29) is 26.2 Å². The number of nitrogens with two attached hydrogens (primary N) is 1. The highest BCUT2D eigenvalue weighted by atomic mass is 31.2. The molecule has 0 aromatic heterocycles. The fourth-order valence-electron chi connectivity index (χ4n) is 2.98. The molecule has 0 bridgehead atoms. The molecule has 0 aliphatic heterocycles. The number of phosphoric acid groups is 1. The fraction of sp³-hybridized carbons (Fsp3) is 0.643. The summed E-state index contributed by atoms with van der Waals surface area (Å²) in [5, 5.41) is 9.35. The monoisotopic (exact) mass is 589 g/mol. The molecular formula is C28H48NO10P. The molecule has 4 N–H and O–H groups in total. The fourth-order valence-corrected chi connectivity index (χ4v) is 3.70. The van der Waals surface area contributed by atoms with Crippen LogP contribution < -0.4 is 5.73 Å². The first-order valence-corrected chi connectivity index (χ1v) is 15.4. The third-order valence-corrected chi connectivity index (χ3v) is 6.05. The van der Waals surface area contributed by atoms with Crippen LogP contribution in [0.25, 0.3) is 0 Å². The van der Waals surface area contributed by atoms with Crippen LogP contribution in [0, 0.1) is 0 Å². The van der Waals surface area contributed by atoms with Crippen LogP contribution in [0.1, 0.15) is 71.1 Å². The molecule has 0 saturated carbocycles. The van der Waals surface area contributed by atoms with Gasteiger partial charge >= 0.3 is 19.9 Å². The van der Waals surface area contributed by atoms with Crippen molar-refractivity contribution in [2.75, 3.05) is 39.6 Å². The summed E-state index contributed by atoms with van der Waals surface area (Å²) >= 11 is 0. The number of aliphatic hydroxyl groups is 1. The predicted molar refractivity (Wildman–Crippen MR) is 153 cm³/mol. The van der Waals surface area contributed by atoms with Gasteiger partial charge in [0.2, 0.25) is 0 Å². The van der Waals surface area contributed by atoms with E-state index in [9.17, 15) is 24.2 Å². The van der Waals surface area contributed by atoms with Crippen LogP contribution in [0.5, 0.6) is 0 Å². The first kappa shape index (κ1) is 37.7. The molecule has 0 radical (unpaired) electrons. The maximum atomic E-state index is 12.0. The van der Waals surface area contributed by atoms with Gasteiger partial charge in [0.15, 0.2) is 6.10 Å². The number of allylic oxidation sites excluding steroid dienone is 8. The zero-order valence-corrected chi connectivity index (χ0v) is 24.6. The largest absolute Gasteiger partial charge is 0.508 e. The molecule has 0 aliphatic rings. The standard InChI is InChI=1S/C28H48NO10P/c1-2-3-4-5-6-7-8-9-10-11-12-13-14-15-16-17-18-19-27(31)39-26(24-30)25-36-28(32)35-22-23-38-40(33,34)37-21-20-29/h6-7,9-10,12-13,15-16,26,30H,2-5,8,11,14,17-25,29H2,1H3,(H,33,34)/b7-6-,10-9-,13-12-,16-15-. The number of carbonyl (C=O) groups is 2. The summed E-state index contributed by atoms with van der Waals surface area (Å²) < 4.78 is 35.0. The van der Waals surface area contributed by atoms with Crippen molar-refractivity contribution in [2.45, 2.75) is 77.2 Å². The van der Waals surface area contributed by atoms with Crippen molar-refractivity contribution in [3.05, 3.63) is 48.6 Å². The zero-order valence-electron chi connectivity index (χ0n) is 23.7. The molecule has 0 fully saturated rings. The predicted octanol–water partition coefficient (Wildman–Crippen LogP) is 5.28. The summed E-state index contributed by atoms with van der Waals surface area (Å²) in [5.41, 5.74) is 5.15. The summed E-state index contributed by atoms with van der Waals surface area (Å²) in [6.07, 6.45) is 24.0. The van der Waals surface area contributed by atoms with E-state index >= 15 is 0 Å². The molecule has 11 nitrogen and oxygen atoms in total. The van der Waals surface area contributed by atoms with Crippen molar-refractivity contribution in [2.24, 2.45) is 5.73 Å². The van der Waals surface area contributed by atoms with Crippen LogP contribution in [0.4, 0.5) is 4.79 Å². The second-order valence-electron chi connectivity index (χ2n) is 8.61. The average Bonchev–Trinajstić information content (AvgIpc) is 2.94. The van der Waals surface area contributed by atoms with E-state index in [4.69, 9.17) is 15.2 Å². The van der Waals surface area contributed by atoms with E-state index in [1.165, 1.54) is 19.3 Å². The van der Waals surface area contributed by atoms with E-state index in [2.05, 4.69) is 57.2 Å². The summed E-state index contributed by atoms with van der Waals surface area (Å²) in [4.78, 5) is 32.8. The molecule has 0 aliphatic carbocycles. The molecule has 2 unspecified atom stereocenters. The minimum Gasteiger partial charge on any atom is -0.456 e.